The van der Waals surface area contributed by atoms with Crippen molar-refractivity contribution in [1.29, 1.82) is 0 Å². The van der Waals surface area contributed by atoms with Crippen LogP contribution in [-0.4, -0.2) is 61.3 Å². The average molecular weight is 494 g/mol. The first-order valence-electron chi connectivity index (χ1n) is 11.1. The first-order valence-corrected chi connectivity index (χ1v) is 11.1. The molecule has 188 valence electrons. The molecule has 8 nitrogen and oxygen atoms in total. The Balaban J connectivity index is 1.78. The van der Waals surface area contributed by atoms with E-state index in [1.54, 1.807) is 44.4 Å². The lowest BCUT2D eigenvalue weighted by Crippen LogP contribution is -2.59. The van der Waals surface area contributed by atoms with Crippen molar-refractivity contribution in [1.82, 2.24) is 24.4 Å². The van der Waals surface area contributed by atoms with E-state index in [1.807, 2.05) is 0 Å². The molecule has 0 N–H and O–H groups in total. The fraction of sp³-hybridized carbons (Fsp3) is 0.478. The Morgan fingerprint density at radius 2 is 1.80 bits per heavy atom. The predicted octanol–water partition coefficient (Wildman–Crippen LogP) is 4.81. The largest absolute Gasteiger partial charge is 0.444 e. The topological polar surface area (TPSA) is 76.4 Å². The van der Waals surface area contributed by atoms with Gasteiger partial charge >= 0.3 is 12.3 Å². The Kier molecular flexibility index (Phi) is 6.10. The van der Waals surface area contributed by atoms with Crippen LogP contribution in [0.5, 0.6) is 0 Å². The molecule has 4 heterocycles. The lowest BCUT2D eigenvalue weighted by molar-refractivity contribution is -0.136. The van der Waals surface area contributed by atoms with Crippen molar-refractivity contribution in [2.75, 3.05) is 18.0 Å². The molecule has 1 saturated heterocycles. The number of amides is 1. The van der Waals surface area contributed by atoms with E-state index in [4.69, 9.17) is 4.74 Å². The SMILES string of the molecule is CC1CN(c2ncnc3c2c(C(F)(F)F)cn3-c2cc(F)ccn2)C(C)CN1C(=O)OC(C)(C)C. The van der Waals surface area contributed by atoms with Gasteiger partial charge in [-0.15, -0.1) is 0 Å². The smallest absolute Gasteiger partial charge is 0.418 e. The lowest BCUT2D eigenvalue weighted by Gasteiger charge is -2.44. The van der Waals surface area contributed by atoms with Crippen molar-refractivity contribution in [3.63, 3.8) is 0 Å². The summed E-state index contributed by atoms with van der Waals surface area (Å²) in [6, 6.07) is 1.42. The van der Waals surface area contributed by atoms with Gasteiger partial charge in [0.05, 0.1) is 10.9 Å². The van der Waals surface area contributed by atoms with E-state index in [0.717, 1.165) is 22.9 Å². The molecular formula is C23H26F4N6O2. The number of carbonyl (C=O) groups excluding carboxylic acids is 1. The predicted molar refractivity (Wildman–Crippen MR) is 121 cm³/mol. The van der Waals surface area contributed by atoms with Crippen molar-refractivity contribution in [2.45, 2.75) is 58.5 Å². The molecule has 3 aromatic rings. The molecular weight excluding hydrogens is 468 g/mol. The molecule has 1 fully saturated rings. The molecule has 3 aromatic heterocycles. The molecule has 0 bridgehead atoms. The second-order valence-electron chi connectivity index (χ2n) is 9.62. The van der Waals surface area contributed by atoms with Gasteiger partial charge < -0.3 is 14.5 Å². The van der Waals surface area contributed by atoms with Crippen LogP contribution in [0, 0.1) is 5.82 Å². The number of hydrogen-bond acceptors (Lipinski definition) is 6. The van der Waals surface area contributed by atoms with Crippen LogP contribution in [-0.2, 0) is 10.9 Å². The quantitative estimate of drug-likeness (QED) is 0.476. The van der Waals surface area contributed by atoms with Crippen molar-refractivity contribution < 1.29 is 27.1 Å². The first-order chi connectivity index (χ1) is 16.3. The Morgan fingerprint density at radius 1 is 1.09 bits per heavy atom. The molecule has 1 aliphatic rings. The normalized spacial score (nSPS) is 19.3. The summed E-state index contributed by atoms with van der Waals surface area (Å²) in [6.07, 6.45) is -2.00. The van der Waals surface area contributed by atoms with Gasteiger partial charge in [-0.1, -0.05) is 0 Å². The van der Waals surface area contributed by atoms with E-state index in [2.05, 4.69) is 15.0 Å². The van der Waals surface area contributed by atoms with Crippen LogP contribution in [0.25, 0.3) is 16.9 Å². The van der Waals surface area contributed by atoms with Crippen LogP contribution in [0.3, 0.4) is 0 Å². The second-order valence-corrected chi connectivity index (χ2v) is 9.62. The zero-order valence-electron chi connectivity index (χ0n) is 20.0. The summed E-state index contributed by atoms with van der Waals surface area (Å²) in [6.45, 7) is 9.36. The van der Waals surface area contributed by atoms with Gasteiger partial charge in [0.25, 0.3) is 0 Å². The maximum absolute atomic E-state index is 14.1. The Morgan fingerprint density at radius 3 is 2.43 bits per heavy atom. The molecule has 0 aliphatic carbocycles. The maximum atomic E-state index is 14.1. The molecule has 2 unspecified atom stereocenters. The molecule has 1 aliphatic heterocycles. The van der Waals surface area contributed by atoms with Crippen molar-refractivity contribution >= 4 is 22.9 Å². The molecule has 2 atom stereocenters. The molecule has 0 radical (unpaired) electrons. The summed E-state index contributed by atoms with van der Waals surface area (Å²) in [5.41, 5.74) is -1.68. The van der Waals surface area contributed by atoms with E-state index in [9.17, 15) is 22.4 Å². The number of pyridine rings is 1. The minimum Gasteiger partial charge on any atom is -0.444 e. The number of anilines is 1. The lowest BCUT2D eigenvalue weighted by atomic mass is 10.1. The molecule has 35 heavy (non-hydrogen) atoms. The van der Waals surface area contributed by atoms with Crippen LogP contribution < -0.4 is 4.90 Å². The summed E-state index contributed by atoms with van der Waals surface area (Å²) in [7, 11) is 0. The number of nitrogens with zero attached hydrogens (tertiary/aromatic N) is 6. The van der Waals surface area contributed by atoms with Gasteiger partial charge in [0, 0.05) is 43.6 Å². The van der Waals surface area contributed by atoms with E-state index < -0.39 is 29.3 Å². The van der Waals surface area contributed by atoms with Gasteiger partial charge in [-0.3, -0.25) is 4.57 Å². The number of carbonyl (C=O) groups is 1. The van der Waals surface area contributed by atoms with Crippen LogP contribution in [0.1, 0.15) is 40.2 Å². The van der Waals surface area contributed by atoms with Crippen LogP contribution in [0.4, 0.5) is 28.2 Å². The summed E-state index contributed by atoms with van der Waals surface area (Å²) >= 11 is 0. The standard InChI is InChI=1S/C23H26F4N6O2/c1-13-10-32(21(34)35-22(3,4)5)14(2)9-31(13)19-18-16(23(25,26)27)11-33(20(18)30-12-29-19)17-8-15(24)6-7-28-17/h6-8,11-14H,9-10H2,1-5H3. The summed E-state index contributed by atoms with van der Waals surface area (Å²) < 4.78 is 62.8. The van der Waals surface area contributed by atoms with Crippen LogP contribution >= 0.6 is 0 Å². The van der Waals surface area contributed by atoms with E-state index in [-0.39, 0.29) is 47.8 Å². The maximum Gasteiger partial charge on any atom is 0.418 e. The molecule has 1 amide bonds. The minimum atomic E-state index is -4.72. The number of piperazine rings is 1. The third-order valence-corrected chi connectivity index (χ3v) is 5.71. The van der Waals surface area contributed by atoms with Gasteiger partial charge in [-0.2, -0.15) is 13.2 Å². The van der Waals surface area contributed by atoms with E-state index in [1.165, 1.54) is 12.5 Å². The second kappa shape index (κ2) is 8.65. The van der Waals surface area contributed by atoms with Gasteiger partial charge in [0.2, 0.25) is 0 Å². The third-order valence-electron chi connectivity index (χ3n) is 5.71. The highest BCUT2D eigenvalue weighted by Gasteiger charge is 2.40. The summed E-state index contributed by atoms with van der Waals surface area (Å²) in [5, 5.41) is -0.212. The van der Waals surface area contributed by atoms with Crippen LogP contribution in [0.15, 0.2) is 30.9 Å². The van der Waals surface area contributed by atoms with Crippen LogP contribution in [0.2, 0.25) is 0 Å². The first kappa shape index (κ1) is 24.7. The van der Waals surface area contributed by atoms with Gasteiger partial charge in [-0.25, -0.2) is 24.1 Å². The fourth-order valence-corrected chi connectivity index (χ4v) is 4.17. The van der Waals surface area contributed by atoms with Gasteiger partial charge in [0.1, 0.15) is 29.4 Å². The summed E-state index contributed by atoms with van der Waals surface area (Å²) in [4.78, 5) is 28.3. The molecule has 12 heteroatoms. The number of halogens is 4. The van der Waals surface area contributed by atoms with Crippen molar-refractivity contribution in [2.24, 2.45) is 0 Å². The number of ether oxygens (including phenoxy) is 1. The number of fused-ring (bicyclic) bond motifs is 1. The number of hydrogen-bond donors (Lipinski definition) is 0. The molecule has 0 spiro atoms. The fourth-order valence-electron chi connectivity index (χ4n) is 4.17. The monoisotopic (exact) mass is 494 g/mol. The highest BCUT2D eigenvalue weighted by atomic mass is 19.4. The van der Waals surface area contributed by atoms with Gasteiger partial charge in [0.15, 0.2) is 5.65 Å². The van der Waals surface area contributed by atoms with Crippen molar-refractivity contribution in [3.8, 4) is 5.82 Å². The third kappa shape index (κ3) is 4.87. The average Bonchev–Trinajstić information content (AvgIpc) is 3.14. The zero-order valence-corrected chi connectivity index (χ0v) is 20.0. The van der Waals surface area contributed by atoms with Crippen molar-refractivity contribution in [3.05, 3.63) is 42.2 Å². The molecule has 4 rings (SSSR count). The highest BCUT2D eigenvalue weighted by Crippen LogP contribution is 2.41. The molecule has 0 aromatic carbocycles. The number of alkyl halides is 3. The Bertz CT molecular complexity index is 1250. The minimum absolute atomic E-state index is 0.0358. The Hall–Kier alpha value is -3.44. The summed E-state index contributed by atoms with van der Waals surface area (Å²) in [5.74, 6) is -0.590. The number of rotatable bonds is 2. The van der Waals surface area contributed by atoms with Gasteiger partial charge in [-0.05, 0) is 40.7 Å². The van der Waals surface area contributed by atoms with E-state index >= 15 is 0 Å². The number of aromatic nitrogens is 4. The Labute approximate surface area is 199 Å². The van der Waals surface area contributed by atoms with E-state index in [0.29, 0.717) is 0 Å². The zero-order chi connectivity index (χ0) is 25.7. The molecule has 0 saturated carbocycles. The highest BCUT2D eigenvalue weighted by molar-refractivity contribution is 5.93.